The molecule has 0 radical (unpaired) electrons. The predicted octanol–water partition coefficient (Wildman–Crippen LogP) is 4.78. The maximum absolute atomic E-state index is 13.0. The van der Waals surface area contributed by atoms with Gasteiger partial charge in [0.15, 0.2) is 6.61 Å². The number of ether oxygens (including phenoxy) is 1. The van der Waals surface area contributed by atoms with Crippen molar-refractivity contribution in [1.29, 1.82) is 0 Å². The summed E-state index contributed by atoms with van der Waals surface area (Å²) in [6.07, 6.45) is 0.644. The Bertz CT molecular complexity index is 1320. The Morgan fingerprint density at radius 3 is 2.33 bits per heavy atom. The molecule has 0 saturated carbocycles. The van der Waals surface area contributed by atoms with Crippen molar-refractivity contribution in [2.75, 3.05) is 13.2 Å². The van der Waals surface area contributed by atoms with Gasteiger partial charge in [-0.1, -0.05) is 47.5 Å². The SMILES string of the molecule is O=C(OCC(=O)c1ccc(Cl)cc1Cl)c1ccc(S(=O)(=O)N2CCc3ccccc3C2)cc1. The zero-order chi connectivity index (χ0) is 23.6. The number of nitrogens with zero attached hydrogens (tertiary/aromatic N) is 1. The highest BCUT2D eigenvalue weighted by atomic mass is 35.5. The lowest BCUT2D eigenvalue weighted by Crippen LogP contribution is -2.35. The van der Waals surface area contributed by atoms with E-state index >= 15 is 0 Å². The summed E-state index contributed by atoms with van der Waals surface area (Å²) in [4.78, 5) is 24.7. The van der Waals surface area contributed by atoms with Gasteiger partial charge in [-0.25, -0.2) is 13.2 Å². The van der Waals surface area contributed by atoms with Gasteiger partial charge in [0.2, 0.25) is 15.8 Å². The Hall–Kier alpha value is -2.71. The van der Waals surface area contributed by atoms with Crippen molar-refractivity contribution in [1.82, 2.24) is 4.31 Å². The summed E-state index contributed by atoms with van der Waals surface area (Å²) in [7, 11) is -3.72. The van der Waals surface area contributed by atoms with Gasteiger partial charge >= 0.3 is 5.97 Å². The van der Waals surface area contributed by atoms with Crippen LogP contribution in [0.2, 0.25) is 10.0 Å². The third-order valence-corrected chi connectivity index (χ3v) is 7.80. The van der Waals surface area contributed by atoms with Gasteiger partial charge in [0, 0.05) is 23.7 Å². The first-order chi connectivity index (χ1) is 15.8. The number of hydrogen-bond acceptors (Lipinski definition) is 5. The molecule has 4 rings (SSSR count). The average Bonchev–Trinajstić information content (AvgIpc) is 2.82. The summed E-state index contributed by atoms with van der Waals surface area (Å²) in [5.41, 5.74) is 2.46. The molecule has 0 fully saturated rings. The number of halogens is 2. The number of sulfonamides is 1. The topological polar surface area (TPSA) is 80.8 Å². The Balaban J connectivity index is 1.41. The lowest BCUT2D eigenvalue weighted by Gasteiger charge is -2.28. The lowest BCUT2D eigenvalue weighted by atomic mass is 10.0. The van der Waals surface area contributed by atoms with Crippen molar-refractivity contribution in [2.24, 2.45) is 0 Å². The number of Topliss-reactive ketones (excluding diaryl/α,β-unsaturated/α-hetero) is 1. The number of rotatable bonds is 6. The number of esters is 1. The Morgan fingerprint density at radius 2 is 1.64 bits per heavy atom. The molecule has 9 heteroatoms. The molecule has 170 valence electrons. The van der Waals surface area contributed by atoms with Crippen LogP contribution in [0, 0.1) is 0 Å². The molecule has 0 aliphatic carbocycles. The number of carbonyl (C=O) groups excluding carboxylic acids is 2. The zero-order valence-corrected chi connectivity index (χ0v) is 19.7. The van der Waals surface area contributed by atoms with Crippen LogP contribution in [0.15, 0.2) is 71.6 Å². The maximum atomic E-state index is 13.0. The minimum Gasteiger partial charge on any atom is -0.454 e. The molecule has 0 unspecified atom stereocenters. The predicted molar refractivity (Wildman–Crippen MR) is 125 cm³/mol. The van der Waals surface area contributed by atoms with Crippen LogP contribution < -0.4 is 0 Å². The first kappa shape index (κ1) is 23.4. The zero-order valence-electron chi connectivity index (χ0n) is 17.3. The van der Waals surface area contributed by atoms with Crippen LogP contribution in [0.5, 0.6) is 0 Å². The Kier molecular flexibility index (Phi) is 6.86. The summed E-state index contributed by atoms with van der Waals surface area (Å²) in [5.74, 6) is -1.22. The molecule has 1 aliphatic rings. The van der Waals surface area contributed by atoms with E-state index in [0.717, 1.165) is 11.1 Å². The molecule has 0 aromatic heterocycles. The van der Waals surface area contributed by atoms with E-state index in [-0.39, 0.29) is 21.0 Å². The number of carbonyl (C=O) groups is 2. The van der Waals surface area contributed by atoms with Gasteiger partial charge < -0.3 is 4.74 Å². The molecule has 0 amide bonds. The van der Waals surface area contributed by atoms with E-state index in [1.807, 2.05) is 24.3 Å². The van der Waals surface area contributed by atoms with Crippen molar-refractivity contribution in [3.05, 3.63) is 99.0 Å². The highest BCUT2D eigenvalue weighted by molar-refractivity contribution is 7.89. The van der Waals surface area contributed by atoms with Crippen LogP contribution in [0.25, 0.3) is 0 Å². The van der Waals surface area contributed by atoms with Crippen molar-refractivity contribution in [3.8, 4) is 0 Å². The van der Waals surface area contributed by atoms with E-state index in [2.05, 4.69) is 0 Å². The van der Waals surface area contributed by atoms with Crippen LogP contribution in [0.4, 0.5) is 0 Å². The fourth-order valence-electron chi connectivity index (χ4n) is 3.59. The monoisotopic (exact) mass is 503 g/mol. The molecule has 0 spiro atoms. The van der Waals surface area contributed by atoms with Gasteiger partial charge in [-0.15, -0.1) is 0 Å². The summed E-state index contributed by atoms with van der Waals surface area (Å²) in [5, 5.41) is 0.552. The number of benzene rings is 3. The molecular weight excluding hydrogens is 485 g/mol. The van der Waals surface area contributed by atoms with E-state index in [0.29, 0.717) is 24.5 Å². The van der Waals surface area contributed by atoms with E-state index in [4.69, 9.17) is 27.9 Å². The summed E-state index contributed by atoms with van der Waals surface area (Å²) >= 11 is 11.8. The average molecular weight is 504 g/mol. The molecule has 0 bridgehead atoms. The van der Waals surface area contributed by atoms with Gasteiger partial charge in [0.05, 0.1) is 15.5 Å². The molecule has 1 heterocycles. The van der Waals surface area contributed by atoms with E-state index in [1.165, 1.54) is 46.8 Å². The minimum atomic E-state index is -3.72. The maximum Gasteiger partial charge on any atom is 0.338 e. The van der Waals surface area contributed by atoms with Gasteiger partial charge in [0.25, 0.3) is 0 Å². The largest absolute Gasteiger partial charge is 0.454 e. The molecule has 0 atom stereocenters. The van der Waals surface area contributed by atoms with Crippen LogP contribution in [-0.4, -0.2) is 37.6 Å². The summed E-state index contributed by atoms with van der Waals surface area (Å²) in [6, 6.07) is 17.6. The van der Waals surface area contributed by atoms with Crippen molar-refractivity contribution in [2.45, 2.75) is 17.9 Å². The van der Waals surface area contributed by atoms with Crippen molar-refractivity contribution >= 4 is 45.0 Å². The van der Waals surface area contributed by atoms with E-state index in [9.17, 15) is 18.0 Å². The van der Waals surface area contributed by atoms with Gasteiger partial charge in [-0.3, -0.25) is 4.79 Å². The van der Waals surface area contributed by atoms with Gasteiger partial charge in [-0.05, 0) is 60.0 Å². The number of fused-ring (bicyclic) bond motifs is 1. The first-order valence-electron chi connectivity index (χ1n) is 10.1. The van der Waals surface area contributed by atoms with Gasteiger partial charge in [-0.2, -0.15) is 4.31 Å². The van der Waals surface area contributed by atoms with Crippen LogP contribution in [-0.2, 0) is 27.7 Å². The molecule has 3 aromatic rings. The Labute approximate surface area is 201 Å². The highest BCUT2D eigenvalue weighted by Gasteiger charge is 2.28. The fourth-order valence-corrected chi connectivity index (χ4v) is 5.53. The van der Waals surface area contributed by atoms with Crippen molar-refractivity contribution < 1.29 is 22.7 Å². The number of ketones is 1. The van der Waals surface area contributed by atoms with E-state index in [1.54, 1.807) is 0 Å². The Morgan fingerprint density at radius 1 is 0.939 bits per heavy atom. The highest BCUT2D eigenvalue weighted by Crippen LogP contribution is 2.25. The standard InChI is InChI=1S/C24H19Cl2NO5S/c25-19-7-10-21(22(26)13-19)23(28)15-32-24(29)17-5-8-20(9-6-17)33(30,31)27-12-11-16-3-1-2-4-18(16)14-27/h1-10,13H,11-12,14-15H2. The normalized spacial score (nSPS) is 13.9. The molecule has 6 nitrogen and oxygen atoms in total. The van der Waals surface area contributed by atoms with Crippen LogP contribution in [0.1, 0.15) is 31.8 Å². The third-order valence-electron chi connectivity index (χ3n) is 5.39. The second kappa shape index (κ2) is 9.65. The summed E-state index contributed by atoms with van der Waals surface area (Å²) < 4.78 is 32.6. The van der Waals surface area contributed by atoms with Crippen LogP contribution in [0.3, 0.4) is 0 Å². The van der Waals surface area contributed by atoms with Gasteiger partial charge in [0.1, 0.15) is 0 Å². The molecule has 1 aliphatic heterocycles. The minimum absolute atomic E-state index is 0.0856. The van der Waals surface area contributed by atoms with E-state index < -0.39 is 28.4 Å². The number of hydrogen-bond donors (Lipinski definition) is 0. The second-order valence-electron chi connectivity index (χ2n) is 7.51. The first-order valence-corrected chi connectivity index (χ1v) is 12.3. The molecule has 3 aromatic carbocycles. The quantitative estimate of drug-likeness (QED) is 0.357. The molecule has 0 saturated heterocycles. The molecule has 33 heavy (non-hydrogen) atoms. The van der Waals surface area contributed by atoms with Crippen LogP contribution >= 0.6 is 23.2 Å². The summed E-state index contributed by atoms with van der Waals surface area (Å²) in [6.45, 7) is 0.184. The lowest BCUT2D eigenvalue weighted by molar-refractivity contribution is 0.0474. The second-order valence-corrected chi connectivity index (χ2v) is 10.3. The van der Waals surface area contributed by atoms with Crippen molar-refractivity contribution in [3.63, 3.8) is 0 Å². The molecule has 0 N–H and O–H groups in total. The molecular formula is C24H19Cl2NO5S. The third kappa shape index (κ3) is 5.12. The smallest absolute Gasteiger partial charge is 0.338 e. The fraction of sp³-hybridized carbons (Fsp3) is 0.167.